The molecule has 0 aromatic carbocycles. The summed E-state index contributed by atoms with van der Waals surface area (Å²) in [5.41, 5.74) is 0. The fraction of sp³-hybridized carbons (Fsp3) is 0.750. The maximum absolute atomic E-state index is 11.1. The number of carboxylic acids is 1. The molecule has 92 valence electrons. The highest BCUT2D eigenvalue weighted by Crippen LogP contribution is 2.46. The van der Waals surface area contributed by atoms with Gasteiger partial charge in [-0.05, 0) is 25.2 Å². The number of hydrogen-bond donors (Lipinski definition) is 1. The van der Waals surface area contributed by atoms with Crippen molar-refractivity contribution in [1.29, 1.82) is 0 Å². The van der Waals surface area contributed by atoms with Gasteiger partial charge in [0.05, 0.1) is 11.8 Å². The molecule has 0 bridgehead atoms. The summed E-state index contributed by atoms with van der Waals surface area (Å²) in [6.07, 6.45) is 3.61. The van der Waals surface area contributed by atoms with E-state index in [0.29, 0.717) is 17.7 Å². The second-order valence-electron chi connectivity index (χ2n) is 5.29. The molecule has 2 aliphatic carbocycles. The van der Waals surface area contributed by atoms with Crippen molar-refractivity contribution in [2.45, 2.75) is 44.4 Å². The number of carboxylic acid groups (broad SMARTS) is 1. The number of aliphatic carboxylic acids is 1. The lowest BCUT2D eigenvalue weighted by Gasteiger charge is -2.09. The minimum Gasteiger partial charge on any atom is -0.481 e. The van der Waals surface area contributed by atoms with Crippen LogP contribution in [0.5, 0.6) is 0 Å². The molecule has 1 heterocycles. The Labute approximate surface area is 99.2 Å². The van der Waals surface area contributed by atoms with E-state index >= 15 is 0 Å². The molecule has 3 rings (SSSR count). The van der Waals surface area contributed by atoms with Gasteiger partial charge in [-0.15, -0.1) is 0 Å². The van der Waals surface area contributed by atoms with Crippen molar-refractivity contribution in [3.05, 3.63) is 11.7 Å². The summed E-state index contributed by atoms with van der Waals surface area (Å²) in [5.74, 6) is 1.19. The lowest BCUT2D eigenvalue weighted by molar-refractivity contribution is -0.142. The highest BCUT2D eigenvalue weighted by molar-refractivity contribution is 5.71. The van der Waals surface area contributed by atoms with E-state index < -0.39 is 5.97 Å². The number of nitrogens with zero attached hydrogens (tertiary/aromatic N) is 2. The van der Waals surface area contributed by atoms with E-state index in [1.807, 2.05) is 0 Å². The van der Waals surface area contributed by atoms with Crippen LogP contribution in [0.3, 0.4) is 0 Å². The quantitative estimate of drug-likeness (QED) is 0.870. The topological polar surface area (TPSA) is 76.2 Å². The van der Waals surface area contributed by atoms with E-state index in [1.54, 1.807) is 0 Å². The van der Waals surface area contributed by atoms with Crippen LogP contribution >= 0.6 is 0 Å². The van der Waals surface area contributed by atoms with Crippen LogP contribution in [0.1, 0.15) is 56.2 Å². The number of rotatable bonds is 3. The summed E-state index contributed by atoms with van der Waals surface area (Å²) in [4.78, 5) is 15.5. The van der Waals surface area contributed by atoms with Crippen molar-refractivity contribution < 1.29 is 14.4 Å². The maximum Gasteiger partial charge on any atom is 0.307 e. The third-order valence-electron chi connectivity index (χ3n) is 4.05. The Balaban J connectivity index is 1.79. The van der Waals surface area contributed by atoms with Crippen molar-refractivity contribution in [2.75, 3.05) is 0 Å². The monoisotopic (exact) mass is 236 g/mol. The van der Waals surface area contributed by atoms with E-state index in [9.17, 15) is 4.79 Å². The molecule has 2 fully saturated rings. The zero-order chi connectivity index (χ0) is 12.0. The number of carbonyl (C=O) groups is 1. The van der Waals surface area contributed by atoms with Crippen LogP contribution in [-0.2, 0) is 4.79 Å². The SMILES string of the molecule is CC1CC1c1noc(C2CCCC2C(=O)O)n1. The summed E-state index contributed by atoms with van der Waals surface area (Å²) in [5, 5.41) is 13.1. The van der Waals surface area contributed by atoms with E-state index in [0.717, 1.165) is 31.5 Å². The van der Waals surface area contributed by atoms with Crippen LogP contribution in [0.25, 0.3) is 0 Å². The van der Waals surface area contributed by atoms with E-state index in [2.05, 4.69) is 17.1 Å². The van der Waals surface area contributed by atoms with Crippen LogP contribution in [0, 0.1) is 11.8 Å². The number of aromatic nitrogens is 2. The van der Waals surface area contributed by atoms with Crippen molar-refractivity contribution >= 4 is 5.97 Å². The van der Waals surface area contributed by atoms with Gasteiger partial charge in [-0.1, -0.05) is 18.5 Å². The molecule has 1 aromatic heterocycles. The van der Waals surface area contributed by atoms with E-state index in [-0.39, 0.29) is 11.8 Å². The average molecular weight is 236 g/mol. The fourth-order valence-electron chi connectivity index (χ4n) is 2.78. The second-order valence-corrected chi connectivity index (χ2v) is 5.29. The Bertz CT molecular complexity index is 443. The van der Waals surface area contributed by atoms with Crippen LogP contribution in [-0.4, -0.2) is 21.2 Å². The molecule has 1 N–H and O–H groups in total. The van der Waals surface area contributed by atoms with Gasteiger partial charge in [0.25, 0.3) is 0 Å². The van der Waals surface area contributed by atoms with Gasteiger partial charge in [0.15, 0.2) is 5.82 Å². The van der Waals surface area contributed by atoms with Crippen molar-refractivity contribution in [2.24, 2.45) is 11.8 Å². The first-order chi connectivity index (χ1) is 8.16. The Morgan fingerprint density at radius 1 is 1.41 bits per heavy atom. The zero-order valence-corrected chi connectivity index (χ0v) is 9.80. The van der Waals surface area contributed by atoms with Gasteiger partial charge in [0.1, 0.15) is 0 Å². The Morgan fingerprint density at radius 2 is 2.18 bits per heavy atom. The smallest absolute Gasteiger partial charge is 0.307 e. The van der Waals surface area contributed by atoms with Crippen LogP contribution in [0.2, 0.25) is 0 Å². The van der Waals surface area contributed by atoms with Gasteiger partial charge in [-0.25, -0.2) is 0 Å². The molecule has 17 heavy (non-hydrogen) atoms. The predicted molar refractivity (Wildman–Crippen MR) is 58.5 cm³/mol. The highest BCUT2D eigenvalue weighted by Gasteiger charge is 2.41. The molecule has 0 aliphatic heterocycles. The van der Waals surface area contributed by atoms with Gasteiger partial charge in [0.2, 0.25) is 5.89 Å². The summed E-state index contributed by atoms with van der Waals surface area (Å²) in [6.45, 7) is 2.16. The number of hydrogen-bond acceptors (Lipinski definition) is 4. The average Bonchev–Trinajstić information content (AvgIpc) is 2.77. The van der Waals surface area contributed by atoms with Gasteiger partial charge in [0, 0.05) is 5.92 Å². The van der Waals surface area contributed by atoms with Crippen molar-refractivity contribution in [3.63, 3.8) is 0 Å². The first-order valence-corrected chi connectivity index (χ1v) is 6.23. The molecule has 4 atom stereocenters. The molecule has 2 saturated carbocycles. The van der Waals surface area contributed by atoms with E-state index in [4.69, 9.17) is 9.63 Å². The van der Waals surface area contributed by atoms with Gasteiger partial charge >= 0.3 is 5.97 Å². The molecule has 0 saturated heterocycles. The third-order valence-corrected chi connectivity index (χ3v) is 4.05. The minimum absolute atomic E-state index is 0.0807. The molecule has 4 unspecified atom stereocenters. The summed E-state index contributed by atoms with van der Waals surface area (Å²) < 4.78 is 5.25. The Morgan fingerprint density at radius 3 is 2.82 bits per heavy atom. The lowest BCUT2D eigenvalue weighted by Crippen LogP contribution is -2.17. The van der Waals surface area contributed by atoms with Crippen molar-refractivity contribution in [1.82, 2.24) is 10.1 Å². The highest BCUT2D eigenvalue weighted by atomic mass is 16.5. The maximum atomic E-state index is 11.1. The Kier molecular flexibility index (Phi) is 2.42. The predicted octanol–water partition coefficient (Wildman–Crippen LogP) is 2.16. The molecule has 2 aliphatic rings. The molecule has 0 radical (unpaired) electrons. The molecular weight excluding hydrogens is 220 g/mol. The molecule has 5 heteroatoms. The summed E-state index contributed by atoms with van der Waals surface area (Å²) in [6, 6.07) is 0. The van der Waals surface area contributed by atoms with Crippen molar-refractivity contribution in [3.8, 4) is 0 Å². The molecule has 1 aromatic rings. The lowest BCUT2D eigenvalue weighted by atomic mass is 9.96. The van der Waals surface area contributed by atoms with E-state index in [1.165, 1.54) is 0 Å². The minimum atomic E-state index is -0.743. The second kappa shape index (κ2) is 3.82. The normalized spacial score (nSPS) is 36.1. The summed E-state index contributed by atoms with van der Waals surface area (Å²) >= 11 is 0. The molecular formula is C12H16N2O3. The van der Waals surface area contributed by atoms with Gasteiger partial charge in [-0.2, -0.15) is 4.98 Å². The summed E-state index contributed by atoms with van der Waals surface area (Å²) in [7, 11) is 0. The molecule has 0 amide bonds. The zero-order valence-electron chi connectivity index (χ0n) is 9.80. The molecule has 0 spiro atoms. The van der Waals surface area contributed by atoms with Gasteiger partial charge in [-0.3, -0.25) is 4.79 Å². The third kappa shape index (κ3) is 1.83. The van der Waals surface area contributed by atoms with Crippen LogP contribution in [0.4, 0.5) is 0 Å². The van der Waals surface area contributed by atoms with Crippen LogP contribution < -0.4 is 0 Å². The van der Waals surface area contributed by atoms with Gasteiger partial charge < -0.3 is 9.63 Å². The fourth-order valence-corrected chi connectivity index (χ4v) is 2.78. The van der Waals surface area contributed by atoms with Crippen LogP contribution in [0.15, 0.2) is 4.52 Å². The first kappa shape index (κ1) is 10.7. The largest absolute Gasteiger partial charge is 0.481 e. The Hall–Kier alpha value is -1.39. The standard InChI is InChI=1S/C12H16N2O3/c1-6-5-9(6)10-13-11(17-14-10)7-3-2-4-8(7)12(15)16/h6-9H,2-5H2,1H3,(H,15,16). The first-order valence-electron chi connectivity index (χ1n) is 6.23. The molecule has 5 nitrogen and oxygen atoms in total.